The van der Waals surface area contributed by atoms with Crippen LogP contribution in [0.25, 0.3) is 0 Å². The van der Waals surface area contributed by atoms with E-state index in [1.165, 1.54) is 0 Å². The molecule has 176 valence electrons. The van der Waals surface area contributed by atoms with Gasteiger partial charge in [0.1, 0.15) is 5.75 Å². The highest BCUT2D eigenvalue weighted by Crippen LogP contribution is 2.24. The molecule has 0 radical (unpaired) electrons. The highest BCUT2D eigenvalue weighted by Gasteiger charge is 2.32. The Morgan fingerprint density at radius 3 is 2.24 bits per heavy atom. The SMILES string of the molecule is COc1ccc(N2CCCN(C(=O)C3CCCN(C(=O)c4cc(C)cc(C)c4)C3)CC2)cc1. The minimum atomic E-state index is -0.110. The molecule has 2 aliphatic rings. The van der Waals surface area contributed by atoms with Gasteiger partial charge in [-0.1, -0.05) is 17.2 Å². The van der Waals surface area contributed by atoms with E-state index in [1.54, 1.807) is 7.11 Å². The van der Waals surface area contributed by atoms with Gasteiger partial charge in [-0.25, -0.2) is 0 Å². The maximum Gasteiger partial charge on any atom is 0.253 e. The standard InChI is InChI=1S/C27H35N3O3/c1-20-16-21(2)18-23(17-20)27(32)30-11-4-6-22(19-30)26(31)29-13-5-12-28(14-15-29)24-7-9-25(33-3)10-8-24/h7-10,16-18,22H,4-6,11-15,19H2,1-3H3. The third kappa shape index (κ3) is 5.49. The molecule has 0 N–H and O–H groups in total. The predicted molar refractivity (Wildman–Crippen MR) is 131 cm³/mol. The van der Waals surface area contributed by atoms with Gasteiger partial charge < -0.3 is 19.4 Å². The van der Waals surface area contributed by atoms with E-state index in [1.807, 2.05) is 47.9 Å². The van der Waals surface area contributed by atoms with Gasteiger partial charge in [0, 0.05) is 50.5 Å². The topological polar surface area (TPSA) is 53.1 Å². The molecule has 2 heterocycles. The molecule has 0 saturated carbocycles. The van der Waals surface area contributed by atoms with Gasteiger partial charge in [0.15, 0.2) is 0 Å². The number of ether oxygens (including phenoxy) is 1. The molecule has 6 heteroatoms. The largest absolute Gasteiger partial charge is 0.497 e. The van der Waals surface area contributed by atoms with Crippen molar-refractivity contribution in [1.82, 2.24) is 9.80 Å². The van der Waals surface area contributed by atoms with Crippen LogP contribution in [0.3, 0.4) is 0 Å². The predicted octanol–water partition coefficient (Wildman–Crippen LogP) is 3.90. The van der Waals surface area contributed by atoms with Crippen molar-refractivity contribution in [2.45, 2.75) is 33.1 Å². The molecule has 6 nitrogen and oxygen atoms in total. The minimum Gasteiger partial charge on any atom is -0.497 e. The number of carbonyl (C=O) groups excluding carboxylic acids is 2. The summed E-state index contributed by atoms with van der Waals surface area (Å²) in [5, 5.41) is 0. The first-order valence-electron chi connectivity index (χ1n) is 12.0. The Hall–Kier alpha value is -3.02. The molecule has 2 fully saturated rings. The average Bonchev–Trinajstić information content (AvgIpc) is 3.09. The van der Waals surface area contributed by atoms with Crippen molar-refractivity contribution >= 4 is 17.5 Å². The van der Waals surface area contributed by atoms with Gasteiger partial charge in [-0.05, 0) is 69.5 Å². The van der Waals surface area contributed by atoms with Crippen LogP contribution in [0.1, 0.15) is 40.7 Å². The van der Waals surface area contributed by atoms with Crippen LogP contribution in [0.15, 0.2) is 42.5 Å². The summed E-state index contributed by atoms with van der Waals surface area (Å²) in [6.45, 7) is 8.50. The van der Waals surface area contributed by atoms with E-state index in [2.05, 4.69) is 23.1 Å². The Balaban J connectivity index is 1.37. The number of nitrogens with zero attached hydrogens (tertiary/aromatic N) is 3. The molecule has 0 aliphatic carbocycles. The molecule has 2 aromatic carbocycles. The number of hydrogen-bond donors (Lipinski definition) is 0. The number of likely N-dealkylation sites (tertiary alicyclic amines) is 1. The van der Waals surface area contributed by atoms with Crippen LogP contribution in [0.2, 0.25) is 0 Å². The summed E-state index contributed by atoms with van der Waals surface area (Å²) in [6, 6.07) is 14.1. The van der Waals surface area contributed by atoms with Crippen molar-refractivity contribution in [3.63, 3.8) is 0 Å². The van der Waals surface area contributed by atoms with Crippen LogP contribution in [-0.2, 0) is 4.79 Å². The van der Waals surface area contributed by atoms with Crippen LogP contribution in [0.4, 0.5) is 5.69 Å². The fourth-order valence-electron chi connectivity index (χ4n) is 5.09. The summed E-state index contributed by atoms with van der Waals surface area (Å²) in [6.07, 6.45) is 2.67. The number of aryl methyl sites for hydroxylation is 2. The van der Waals surface area contributed by atoms with Crippen LogP contribution < -0.4 is 9.64 Å². The zero-order valence-electron chi connectivity index (χ0n) is 20.0. The van der Waals surface area contributed by atoms with Crippen molar-refractivity contribution in [3.8, 4) is 5.75 Å². The number of carbonyl (C=O) groups is 2. The molecule has 4 rings (SSSR count). The average molecular weight is 450 g/mol. The van der Waals surface area contributed by atoms with Crippen molar-refractivity contribution in [2.24, 2.45) is 5.92 Å². The maximum absolute atomic E-state index is 13.4. The maximum atomic E-state index is 13.4. The summed E-state index contributed by atoms with van der Waals surface area (Å²) in [5.74, 6) is 0.981. The number of anilines is 1. The molecule has 1 unspecified atom stereocenters. The van der Waals surface area contributed by atoms with Crippen LogP contribution in [0, 0.1) is 19.8 Å². The Morgan fingerprint density at radius 1 is 0.848 bits per heavy atom. The summed E-state index contributed by atoms with van der Waals surface area (Å²) in [7, 11) is 1.67. The van der Waals surface area contributed by atoms with Crippen LogP contribution in [0.5, 0.6) is 5.75 Å². The molecule has 0 bridgehead atoms. The zero-order chi connectivity index (χ0) is 23.4. The van der Waals surface area contributed by atoms with Gasteiger partial charge in [0.2, 0.25) is 5.91 Å². The number of benzene rings is 2. The van der Waals surface area contributed by atoms with E-state index in [0.717, 1.165) is 73.6 Å². The van der Waals surface area contributed by atoms with Gasteiger partial charge in [0.25, 0.3) is 5.91 Å². The van der Waals surface area contributed by atoms with Crippen molar-refractivity contribution in [3.05, 3.63) is 59.2 Å². The van der Waals surface area contributed by atoms with E-state index >= 15 is 0 Å². The second kappa shape index (κ2) is 10.3. The molecule has 0 aromatic heterocycles. The Labute approximate surface area is 197 Å². The van der Waals surface area contributed by atoms with Gasteiger partial charge in [-0.2, -0.15) is 0 Å². The third-order valence-corrected chi connectivity index (χ3v) is 6.77. The number of methoxy groups -OCH3 is 1. The normalized spacial score (nSPS) is 19.2. The van der Waals surface area contributed by atoms with Gasteiger partial charge in [-0.3, -0.25) is 9.59 Å². The lowest BCUT2D eigenvalue weighted by Crippen LogP contribution is -2.47. The van der Waals surface area contributed by atoms with Crippen LogP contribution >= 0.6 is 0 Å². The summed E-state index contributed by atoms with van der Waals surface area (Å²) in [5.41, 5.74) is 4.07. The highest BCUT2D eigenvalue weighted by molar-refractivity contribution is 5.95. The summed E-state index contributed by atoms with van der Waals surface area (Å²) in [4.78, 5) is 32.8. The Bertz CT molecular complexity index is 968. The molecular weight excluding hydrogens is 414 g/mol. The quantitative estimate of drug-likeness (QED) is 0.710. The molecule has 1 atom stereocenters. The van der Waals surface area contributed by atoms with E-state index < -0.39 is 0 Å². The molecule has 2 saturated heterocycles. The molecular formula is C27H35N3O3. The van der Waals surface area contributed by atoms with Gasteiger partial charge >= 0.3 is 0 Å². The molecule has 33 heavy (non-hydrogen) atoms. The van der Waals surface area contributed by atoms with E-state index in [9.17, 15) is 9.59 Å². The number of rotatable bonds is 4. The summed E-state index contributed by atoms with van der Waals surface area (Å²) < 4.78 is 5.26. The molecule has 0 spiro atoms. The zero-order valence-corrected chi connectivity index (χ0v) is 20.0. The Morgan fingerprint density at radius 2 is 1.55 bits per heavy atom. The smallest absolute Gasteiger partial charge is 0.253 e. The highest BCUT2D eigenvalue weighted by atomic mass is 16.5. The molecule has 2 aromatic rings. The second-order valence-corrected chi connectivity index (χ2v) is 9.33. The van der Waals surface area contributed by atoms with Crippen LogP contribution in [-0.4, -0.2) is 68.0 Å². The first-order valence-corrected chi connectivity index (χ1v) is 12.0. The number of amides is 2. The van der Waals surface area contributed by atoms with E-state index in [4.69, 9.17) is 4.74 Å². The lowest BCUT2D eigenvalue weighted by molar-refractivity contribution is -0.136. The Kier molecular flexibility index (Phi) is 7.21. The van der Waals surface area contributed by atoms with Crippen molar-refractivity contribution < 1.29 is 14.3 Å². The van der Waals surface area contributed by atoms with Gasteiger partial charge in [-0.15, -0.1) is 0 Å². The fraction of sp³-hybridized carbons (Fsp3) is 0.481. The van der Waals surface area contributed by atoms with E-state index in [0.29, 0.717) is 13.1 Å². The van der Waals surface area contributed by atoms with Crippen molar-refractivity contribution in [1.29, 1.82) is 0 Å². The minimum absolute atomic E-state index is 0.0425. The monoisotopic (exact) mass is 449 g/mol. The lowest BCUT2D eigenvalue weighted by atomic mass is 9.95. The van der Waals surface area contributed by atoms with Gasteiger partial charge in [0.05, 0.1) is 13.0 Å². The number of hydrogen-bond acceptors (Lipinski definition) is 4. The fourth-order valence-corrected chi connectivity index (χ4v) is 5.09. The molecule has 2 amide bonds. The van der Waals surface area contributed by atoms with Crippen molar-refractivity contribution in [2.75, 3.05) is 51.3 Å². The number of piperidine rings is 1. The summed E-state index contributed by atoms with van der Waals surface area (Å²) >= 11 is 0. The second-order valence-electron chi connectivity index (χ2n) is 9.33. The first kappa shape index (κ1) is 23.1. The molecule has 2 aliphatic heterocycles. The first-order chi connectivity index (χ1) is 15.9. The lowest BCUT2D eigenvalue weighted by Gasteiger charge is -2.35. The third-order valence-electron chi connectivity index (χ3n) is 6.77. The van der Waals surface area contributed by atoms with E-state index in [-0.39, 0.29) is 17.7 Å².